The molecule has 0 saturated heterocycles. The Labute approximate surface area is 237 Å². The van der Waals surface area contributed by atoms with Gasteiger partial charge in [0.05, 0.1) is 19.8 Å². The van der Waals surface area contributed by atoms with Crippen LogP contribution in [0.1, 0.15) is 37.5 Å². The number of amides is 2. The second kappa shape index (κ2) is 16.0. The Bertz CT molecular complexity index is 1180. The lowest BCUT2D eigenvalue weighted by molar-refractivity contribution is -0.145. The van der Waals surface area contributed by atoms with Crippen LogP contribution in [0.15, 0.2) is 91.0 Å². The van der Waals surface area contributed by atoms with Gasteiger partial charge in [0.25, 0.3) is 0 Å². The van der Waals surface area contributed by atoms with Gasteiger partial charge in [-0.1, -0.05) is 105 Å². The third-order valence-electron chi connectivity index (χ3n) is 5.91. The highest BCUT2D eigenvalue weighted by Crippen LogP contribution is 2.50. The lowest BCUT2D eigenvalue weighted by Crippen LogP contribution is -2.50. The van der Waals surface area contributed by atoms with Gasteiger partial charge >= 0.3 is 19.6 Å². The van der Waals surface area contributed by atoms with E-state index in [9.17, 15) is 14.2 Å². The van der Waals surface area contributed by atoms with Crippen LogP contribution in [0.25, 0.3) is 0 Å². The first-order valence-electron chi connectivity index (χ1n) is 13.5. The molecule has 2 amide bonds. The smallest absolute Gasteiger partial charge is 0.350 e. The second-order valence-electron chi connectivity index (χ2n) is 9.83. The van der Waals surface area contributed by atoms with Crippen LogP contribution in [0, 0.1) is 5.92 Å². The Morgan fingerprint density at radius 3 is 1.73 bits per heavy atom. The molecule has 8 nitrogen and oxygen atoms in total. The van der Waals surface area contributed by atoms with E-state index in [1.54, 1.807) is 6.92 Å². The number of ether oxygens (including phenoxy) is 1. The van der Waals surface area contributed by atoms with Crippen LogP contribution in [-0.4, -0.2) is 42.4 Å². The van der Waals surface area contributed by atoms with Crippen molar-refractivity contribution in [2.24, 2.45) is 5.92 Å². The van der Waals surface area contributed by atoms with E-state index < -0.39 is 25.6 Å². The second-order valence-corrected chi connectivity index (χ2v) is 11.9. The maximum atomic E-state index is 14.1. The van der Waals surface area contributed by atoms with E-state index in [0.717, 1.165) is 16.7 Å². The number of carbonyl (C=O) groups is 2. The van der Waals surface area contributed by atoms with Crippen molar-refractivity contribution in [1.82, 2.24) is 10.2 Å². The fourth-order valence-electron chi connectivity index (χ4n) is 3.99. The molecule has 0 aliphatic carbocycles. The third kappa shape index (κ3) is 10.6. The molecular formula is C31H39N2O6P. The van der Waals surface area contributed by atoms with Gasteiger partial charge in [-0.15, -0.1) is 0 Å². The summed E-state index contributed by atoms with van der Waals surface area (Å²) in [6.07, 6.45) is -0.0226. The van der Waals surface area contributed by atoms with E-state index in [1.165, 1.54) is 4.90 Å². The highest BCUT2D eigenvalue weighted by atomic mass is 31.2. The van der Waals surface area contributed by atoms with Crippen LogP contribution in [-0.2, 0) is 42.8 Å². The maximum absolute atomic E-state index is 14.1. The van der Waals surface area contributed by atoms with E-state index >= 15 is 0 Å². The predicted molar refractivity (Wildman–Crippen MR) is 156 cm³/mol. The van der Waals surface area contributed by atoms with Crippen LogP contribution in [0.4, 0.5) is 4.79 Å². The molecule has 3 aromatic carbocycles. The van der Waals surface area contributed by atoms with Crippen molar-refractivity contribution in [3.05, 3.63) is 108 Å². The van der Waals surface area contributed by atoms with Crippen LogP contribution in [0.2, 0.25) is 0 Å². The van der Waals surface area contributed by atoms with Gasteiger partial charge in [0.1, 0.15) is 12.3 Å². The molecule has 40 heavy (non-hydrogen) atoms. The van der Waals surface area contributed by atoms with Gasteiger partial charge in [-0.2, -0.15) is 0 Å². The third-order valence-corrected chi connectivity index (χ3v) is 7.64. The van der Waals surface area contributed by atoms with Gasteiger partial charge in [-0.05, 0) is 29.5 Å². The number of nitrogens with zero attached hydrogens (tertiary/aromatic N) is 1. The number of urea groups is 1. The standard InChI is InChI=1S/C31H39N2O6P/c1-4-37-30(34)29(20-26-14-8-5-9-15-26)32-31(35)33(21-25(2)3)24-40(36,38-22-27-16-10-6-11-17-27)39-23-28-18-12-7-13-19-28/h5-19,25,29H,4,20-24H2,1-3H3,(H,32,35)/t29-/m0/s1. The Kier molecular flexibility index (Phi) is 12.4. The minimum atomic E-state index is -3.81. The van der Waals surface area contributed by atoms with Crippen LogP contribution in [0.3, 0.4) is 0 Å². The summed E-state index contributed by atoms with van der Waals surface area (Å²) >= 11 is 0. The molecule has 0 unspecified atom stereocenters. The highest BCUT2D eigenvalue weighted by Gasteiger charge is 2.33. The summed E-state index contributed by atoms with van der Waals surface area (Å²) in [7, 11) is -3.81. The average Bonchev–Trinajstić information content (AvgIpc) is 2.96. The molecule has 1 N–H and O–H groups in total. The Morgan fingerprint density at radius 2 is 1.27 bits per heavy atom. The first kappa shape index (κ1) is 31.1. The summed E-state index contributed by atoms with van der Waals surface area (Å²) in [5, 5.41) is 2.81. The zero-order valence-electron chi connectivity index (χ0n) is 23.4. The predicted octanol–water partition coefficient (Wildman–Crippen LogP) is 6.41. The van der Waals surface area contributed by atoms with Crippen molar-refractivity contribution in [2.45, 2.75) is 46.4 Å². The molecule has 0 bridgehead atoms. The number of hydrogen-bond acceptors (Lipinski definition) is 6. The van der Waals surface area contributed by atoms with Crippen LogP contribution < -0.4 is 5.32 Å². The summed E-state index contributed by atoms with van der Waals surface area (Å²) in [6, 6.07) is 26.7. The lowest BCUT2D eigenvalue weighted by Gasteiger charge is -2.30. The molecule has 3 rings (SSSR count). The van der Waals surface area contributed by atoms with Gasteiger partial charge in [-0.25, -0.2) is 9.59 Å². The van der Waals surface area contributed by atoms with Crippen molar-refractivity contribution in [3.8, 4) is 0 Å². The van der Waals surface area contributed by atoms with Crippen LogP contribution in [0.5, 0.6) is 0 Å². The quantitative estimate of drug-likeness (QED) is 0.169. The fourth-order valence-corrected chi connectivity index (χ4v) is 5.59. The van der Waals surface area contributed by atoms with E-state index in [4.69, 9.17) is 13.8 Å². The molecule has 9 heteroatoms. The molecule has 0 spiro atoms. The van der Waals surface area contributed by atoms with Crippen molar-refractivity contribution < 1.29 is 27.9 Å². The van der Waals surface area contributed by atoms with E-state index in [1.807, 2.05) is 105 Å². The van der Waals surface area contributed by atoms with Gasteiger partial charge in [-0.3, -0.25) is 4.57 Å². The van der Waals surface area contributed by atoms with Crippen molar-refractivity contribution >= 4 is 19.6 Å². The number of hydrogen-bond donors (Lipinski definition) is 1. The van der Waals surface area contributed by atoms with Crippen molar-refractivity contribution in [3.63, 3.8) is 0 Å². The van der Waals surface area contributed by atoms with E-state index in [2.05, 4.69) is 5.32 Å². The average molecular weight is 567 g/mol. The lowest BCUT2D eigenvalue weighted by atomic mass is 10.1. The summed E-state index contributed by atoms with van der Waals surface area (Å²) in [4.78, 5) is 27.8. The monoisotopic (exact) mass is 566 g/mol. The van der Waals surface area contributed by atoms with E-state index in [0.29, 0.717) is 0 Å². The minimum absolute atomic E-state index is 0.0533. The summed E-state index contributed by atoms with van der Waals surface area (Å²) < 4.78 is 31.2. The largest absolute Gasteiger partial charge is 0.464 e. The minimum Gasteiger partial charge on any atom is -0.464 e. The zero-order valence-corrected chi connectivity index (χ0v) is 24.3. The molecule has 0 saturated carbocycles. The van der Waals surface area contributed by atoms with Crippen molar-refractivity contribution in [2.75, 3.05) is 19.4 Å². The van der Waals surface area contributed by atoms with Crippen molar-refractivity contribution in [1.29, 1.82) is 0 Å². The summed E-state index contributed by atoms with van der Waals surface area (Å²) in [5.74, 6) is -0.481. The molecule has 3 aromatic rings. The number of nitrogens with one attached hydrogen (secondary N) is 1. The molecule has 0 fully saturated rings. The number of esters is 1. The summed E-state index contributed by atoms with van der Waals surface area (Å²) in [6.45, 7) is 6.20. The van der Waals surface area contributed by atoms with Gasteiger partial charge < -0.3 is 24.0 Å². The molecule has 0 aliphatic heterocycles. The normalized spacial score (nSPS) is 12.1. The van der Waals surface area contributed by atoms with Gasteiger partial charge in [0, 0.05) is 13.0 Å². The molecule has 0 radical (unpaired) electrons. The number of rotatable bonds is 15. The number of carbonyl (C=O) groups excluding carboxylic acids is 2. The summed E-state index contributed by atoms with van der Waals surface area (Å²) in [5.41, 5.74) is 2.53. The highest BCUT2D eigenvalue weighted by molar-refractivity contribution is 7.53. The zero-order chi connectivity index (χ0) is 28.8. The molecule has 214 valence electrons. The Hall–Kier alpha value is -3.45. The maximum Gasteiger partial charge on any atom is 0.350 e. The topological polar surface area (TPSA) is 94.2 Å². The molecule has 0 aromatic heterocycles. The van der Waals surface area contributed by atoms with Gasteiger partial charge in [0.2, 0.25) is 0 Å². The first-order valence-corrected chi connectivity index (χ1v) is 15.2. The molecular weight excluding hydrogens is 527 g/mol. The van der Waals surface area contributed by atoms with Gasteiger partial charge in [0.15, 0.2) is 0 Å². The molecule has 0 aliphatic rings. The fraction of sp³-hybridized carbons (Fsp3) is 0.355. The van der Waals surface area contributed by atoms with Crippen LogP contribution >= 0.6 is 7.60 Å². The first-order chi connectivity index (χ1) is 19.3. The SMILES string of the molecule is CCOC(=O)[C@H](Cc1ccccc1)NC(=O)N(CC(C)C)CP(=O)(OCc1ccccc1)OCc1ccccc1. The molecule has 1 atom stereocenters. The Balaban J connectivity index is 1.81. The molecule has 0 heterocycles. The van der Waals surface area contributed by atoms with E-state index in [-0.39, 0.29) is 45.0 Å². The Morgan fingerprint density at radius 1 is 0.800 bits per heavy atom. The number of benzene rings is 3.